The third-order valence-corrected chi connectivity index (χ3v) is 5.88. The molecular weight excluding hydrogens is 477 g/mol. The van der Waals surface area contributed by atoms with Crippen molar-refractivity contribution in [2.75, 3.05) is 31.2 Å². The van der Waals surface area contributed by atoms with Gasteiger partial charge in [0.1, 0.15) is 5.75 Å². The number of alkyl halides is 3. The number of aromatic nitrogens is 3. The number of ether oxygens (including phenoxy) is 2. The van der Waals surface area contributed by atoms with Crippen LogP contribution in [0.3, 0.4) is 0 Å². The Morgan fingerprint density at radius 3 is 2.44 bits per heavy atom. The summed E-state index contributed by atoms with van der Waals surface area (Å²) in [5.41, 5.74) is 3.19. The van der Waals surface area contributed by atoms with E-state index < -0.39 is 18.1 Å². The summed E-state index contributed by atoms with van der Waals surface area (Å²) < 4.78 is 49.0. The van der Waals surface area contributed by atoms with E-state index in [1.54, 1.807) is 13.0 Å². The maximum absolute atomic E-state index is 12.7. The average molecular weight is 498 g/mol. The van der Waals surface area contributed by atoms with Crippen molar-refractivity contribution in [2.24, 2.45) is 0 Å². The summed E-state index contributed by atoms with van der Waals surface area (Å²) in [5.74, 6) is -1.66. The molecule has 0 spiro atoms. The molecule has 4 aromatic rings. The molecule has 5 rings (SSSR count). The number of fused-ring (bicyclic) bond motifs is 1. The number of pyridine rings is 1. The first-order valence-corrected chi connectivity index (χ1v) is 11.1. The van der Waals surface area contributed by atoms with Crippen LogP contribution in [0.1, 0.15) is 16.2 Å². The summed E-state index contributed by atoms with van der Waals surface area (Å²) in [5, 5.41) is 14.8. The highest BCUT2D eigenvalue weighted by Gasteiger charge is 2.31. The minimum absolute atomic E-state index is 0.210. The standard InChI is InChI=1S/C25H21F3N4O4/c1-15-22-20(16-5-7-17(8-6-16)31-9-11-35-12-10-31)14-21(24(33)34)29-23(22)32(30-15)18-3-2-4-19(13-18)36-25(26,27)28/h2-8,13-14H,9-12H2,1H3,(H,33,34). The van der Waals surface area contributed by atoms with Gasteiger partial charge in [-0.05, 0) is 48.4 Å². The quantitative estimate of drug-likeness (QED) is 0.422. The summed E-state index contributed by atoms with van der Waals surface area (Å²) in [4.78, 5) is 18.4. The van der Waals surface area contributed by atoms with Crippen LogP contribution >= 0.6 is 0 Å². The van der Waals surface area contributed by atoms with Crippen molar-refractivity contribution >= 4 is 22.7 Å². The van der Waals surface area contributed by atoms with Crippen molar-refractivity contribution in [1.29, 1.82) is 0 Å². The molecule has 0 saturated carbocycles. The number of hydrogen-bond donors (Lipinski definition) is 1. The van der Waals surface area contributed by atoms with Crippen LogP contribution in [0, 0.1) is 6.92 Å². The molecule has 0 atom stereocenters. The molecule has 2 aromatic heterocycles. The summed E-state index contributed by atoms with van der Waals surface area (Å²) in [6.45, 7) is 4.61. The maximum atomic E-state index is 12.7. The lowest BCUT2D eigenvalue weighted by Gasteiger charge is -2.29. The monoisotopic (exact) mass is 498 g/mol. The van der Waals surface area contributed by atoms with Crippen molar-refractivity contribution < 1.29 is 32.5 Å². The third-order valence-electron chi connectivity index (χ3n) is 5.88. The van der Waals surface area contributed by atoms with Crippen LogP contribution in [0.5, 0.6) is 5.75 Å². The number of morpholine rings is 1. The van der Waals surface area contributed by atoms with Crippen molar-refractivity contribution in [3.63, 3.8) is 0 Å². The van der Waals surface area contributed by atoms with Gasteiger partial charge in [-0.2, -0.15) is 5.10 Å². The Hall–Kier alpha value is -4.12. The van der Waals surface area contributed by atoms with Crippen LogP contribution in [-0.2, 0) is 4.74 Å². The number of carboxylic acids is 1. The highest BCUT2D eigenvalue weighted by atomic mass is 19.4. The van der Waals surface area contributed by atoms with Gasteiger partial charge in [0.05, 0.1) is 30.0 Å². The van der Waals surface area contributed by atoms with Gasteiger partial charge in [-0.1, -0.05) is 18.2 Å². The second-order valence-corrected chi connectivity index (χ2v) is 8.25. The number of rotatable bonds is 5. The summed E-state index contributed by atoms with van der Waals surface area (Å²) in [6, 6.07) is 14.5. The van der Waals surface area contributed by atoms with Crippen molar-refractivity contribution in [3.05, 3.63) is 66.0 Å². The average Bonchev–Trinajstić information content (AvgIpc) is 3.20. The molecule has 1 aliphatic rings. The lowest BCUT2D eigenvalue weighted by atomic mass is 10.0. The number of anilines is 1. The van der Waals surface area contributed by atoms with Gasteiger partial charge in [0.2, 0.25) is 0 Å². The lowest BCUT2D eigenvalue weighted by molar-refractivity contribution is -0.274. The summed E-state index contributed by atoms with van der Waals surface area (Å²) >= 11 is 0. The van der Waals surface area contributed by atoms with Crippen molar-refractivity contribution in [3.8, 4) is 22.6 Å². The topological polar surface area (TPSA) is 89.7 Å². The van der Waals surface area contributed by atoms with E-state index in [0.717, 1.165) is 24.3 Å². The number of benzene rings is 2. The first-order valence-electron chi connectivity index (χ1n) is 11.1. The molecule has 0 aliphatic carbocycles. The minimum atomic E-state index is -4.85. The van der Waals surface area contributed by atoms with Gasteiger partial charge in [0.15, 0.2) is 11.3 Å². The van der Waals surface area contributed by atoms with Crippen LogP contribution in [0.4, 0.5) is 18.9 Å². The fraction of sp³-hybridized carbons (Fsp3) is 0.240. The van der Waals surface area contributed by atoms with Crippen LogP contribution in [0.25, 0.3) is 27.8 Å². The number of nitrogens with zero attached hydrogens (tertiary/aromatic N) is 4. The highest BCUT2D eigenvalue weighted by Crippen LogP contribution is 2.34. The SMILES string of the molecule is Cc1nn(-c2cccc(OC(F)(F)F)c2)c2nc(C(=O)O)cc(-c3ccc(N4CCOCC4)cc3)c12. The van der Waals surface area contributed by atoms with Gasteiger partial charge in [-0.15, -0.1) is 13.2 Å². The molecule has 0 radical (unpaired) electrons. The zero-order valence-corrected chi connectivity index (χ0v) is 19.1. The van der Waals surface area contributed by atoms with Crippen LogP contribution in [-0.4, -0.2) is 58.5 Å². The molecule has 36 heavy (non-hydrogen) atoms. The fourth-order valence-corrected chi connectivity index (χ4v) is 4.29. The van der Waals surface area contributed by atoms with E-state index in [1.165, 1.54) is 28.9 Å². The lowest BCUT2D eigenvalue weighted by Crippen LogP contribution is -2.36. The molecule has 3 heterocycles. The van der Waals surface area contributed by atoms with E-state index in [9.17, 15) is 23.1 Å². The van der Waals surface area contributed by atoms with Crippen LogP contribution in [0.2, 0.25) is 0 Å². The van der Waals surface area contributed by atoms with Gasteiger partial charge in [-0.25, -0.2) is 14.5 Å². The molecule has 8 nitrogen and oxygen atoms in total. The maximum Gasteiger partial charge on any atom is 0.573 e. The van der Waals surface area contributed by atoms with Crippen molar-refractivity contribution in [1.82, 2.24) is 14.8 Å². The van der Waals surface area contributed by atoms with Crippen LogP contribution < -0.4 is 9.64 Å². The predicted molar refractivity (Wildman–Crippen MR) is 126 cm³/mol. The first kappa shape index (κ1) is 23.6. The van der Waals surface area contributed by atoms with E-state index in [-0.39, 0.29) is 17.0 Å². The number of hydrogen-bond acceptors (Lipinski definition) is 6. The molecule has 0 unspecified atom stereocenters. The van der Waals surface area contributed by atoms with Gasteiger partial charge in [-0.3, -0.25) is 0 Å². The molecule has 1 saturated heterocycles. The van der Waals surface area contributed by atoms with Crippen molar-refractivity contribution in [2.45, 2.75) is 13.3 Å². The van der Waals surface area contributed by atoms with E-state index in [0.29, 0.717) is 29.9 Å². The Bertz CT molecular complexity index is 1430. The number of aromatic carboxylic acids is 1. The normalized spacial score (nSPS) is 14.3. The molecule has 1 aliphatic heterocycles. The zero-order chi connectivity index (χ0) is 25.4. The van der Waals surface area contributed by atoms with Gasteiger partial charge >= 0.3 is 12.3 Å². The molecule has 1 N–H and O–H groups in total. The fourth-order valence-electron chi connectivity index (χ4n) is 4.29. The smallest absolute Gasteiger partial charge is 0.477 e. The molecule has 2 aromatic carbocycles. The predicted octanol–water partition coefficient (Wildman–Crippen LogP) is 4.83. The Morgan fingerprint density at radius 1 is 1.06 bits per heavy atom. The second kappa shape index (κ2) is 9.15. The van der Waals surface area contributed by atoms with E-state index >= 15 is 0 Å². The summed E-state index contributed by atoms with van der Waals surface area (Å²) in [7, 11) is 0. The molecule has 186 valence electrons. The van der Waals surface area contributed by atoms with Gasteiger partial charge in [0, 0.05) is 24.8 Å². The Morgan fingerprint density at radius 2 is 1.78 bits per heavy atom. The van der Waals surface area contributed by atoms with E-state index in [1.807, 2.05) is 24.3 Å². The van der Waals surface area contributed by atoms with Gasteiger partial charge in [0.25, 0.3) is 0 Å². The second-order valence-electron chi connectivity index (χ2n) is 8.25. The highest BCUT2D eigenvalue weighted by molar-refractivity contribution is 6.00. The van der Waals surface area contributed by atoms with E-state index in [4.69, 9.17) is 4.74 Å². The number of carboxylic acid groups (broad SMARTS) is 1. The minimum Gasteiger partial charge on any atom is -0.477 e. The Kier molecular flexibility index (Phi) is 6.00. The Labute approximate surface area is 203 Å². The number of aryl methyl sites for hydroxylation is 1. The molecule has 1 fully saturated rings. The van der Waals surface area contributed by atoms with Gasteiger partial charge < -0.3 is 19.5 Å². The molecular formula is C25H21F3N4O4. The molecule has 0 bridgehead atoms. The zero-order valence-electron chi connectivity index (χ0n) is 19.1. The summed E-state index contributed by atoms with van der Waals surface area (Å²) in [6.07, 6.45) is -4.85. The Balaban J connectivity index is 1.62. The molecule has 11 heteroatoms. The van der Waals surface area contributed by atoms with Crippen LogP contribution in [0.15, 0.2) is 54.6 Å². The third kappa shape index (κ3) is 4.69. The number of halogens is 3. The number of carbonyl (C=O) groups is 1. The van der Waals surface area contributed by atoms with E-state index in [2.05, 4.69) is 19.7 Å². The molecule has 0 amide bonds. The largest absolute Gasteiger partial charge is 0.573 e. The first-order chi connectivity index (χ1) is 17.2.